The normalized spacial score (nSPS) is 11.1. The number of hydrogen-bond donors (Lipinski definition) is 1. The molecule has 31 heavy (non-hydrogen) atoms. The summed E-state index contributed by atoms with van der Waals surface area (Å²) >= 11 is 0. The fourth-order valence-corrected chi connectivity index (χ4v) is 4.05. The van der Waals surface area contributed by atoms with Crippen molar-refractivity contribution in [1.82, 2.24) is 14.3 Å². The molecule has 0 spiro atoms. The van der Waals surface area contributed by atoms with Gasteiger partial charge in [-0.2, -0.15) is 5.10 Å². The summed E-state index contributed by atoms with van der Waals surface area (Å²) in [6, 6.07) is 29.0. The lowest BCUT2D eigenvalue weighted by molar-refractivity contribution is 0.0995. The zero-order chi connectivity index (χ0) is 21.4. The number of fused-ring (bicyclic) bond motifs is 1. The van der Waals surface area contributed by atoms with Gasteiger partial charge in [0.25, 0.3) is 5.91 Å². The number of benzene rings is 3. The van der Waals surface area contributed by atoms with Crippen molar-refractivity contribution in [1.29, 1.82) is 0 Å². The van der Waals surface area contributed by atoms with Crippen molar-refractivity contribution in [3.63, 3.8) is 0 Å². The highest BCUT2D eigenvalue weighted by Crippen LogP contribution is 2.27. The number of amides is 1. The van der Waals surface area contributed by atoms with Crippen molar-refractivity contribution in [2.24, 2.45) is 5.73 Å². The maximum atomic E-state index is 11.5. The Morgan fingerprint density at radius 2 is 1.71 bits per heavy atom. The average Bonchev–Trinajstić information content (AvgIpc) is 3.38. The van der Waals surface area contributed by atoms with Gasteiger partial charge in [-0.3, -0.25) is 4.79 Å². The number of rotatable bonds is 5. The standard InChI is InChI=1S/C26H22N4O/c1-18-15-24(26(27)31)28-30(18)22-11-12-25-20(16-22)13-14-29(25)17-21-9-5-6-10-23(21)19-7-3-2-4-8-19/h2-16H,17H2,1H3,(H2,27,31). The molecule has 5 heteroatoms. The van der Waals surface area contributed by atoms with Crippen molar-refractivity contribution >= 4 is 16.8 Å². The van der Waals surface area contributed by atoms with E-state index in [9.17, 15) is 4.79 Å². The molecule has 2 heterocycles. The summed E-state index contributed by atoms with van der Waals surface area (Å²) in [7, 11) is 0. The summed E-state index contributed by atoms with van der Waals surface area (Å²) in [5.74, 6) is -0.522. The smallest absolute Gasteiger partial charge is 0.269 e. The minimum Gasteiger partial charge on any atom is -0.364 e. The van der Waals surface area contributed by atoms with Crippen LogP contribution in [0.3, 0.4) is 0 Å². The predicted molar refractivity (Wildman–Crippen MR) is 123 cm³/mol. The molecule has 0 atom stereocenters. The van der Waals surface area contributed by atoms with Crippen LogP contribution in [-0.2, 0) is 6.54 Å². The second-order valence-corrected chi connectivity index (χ2v) is 7.66. The molecular formula is C26H22N4O. The van der Waals surface area contributed by atoms with Crippen molar-refractivity contribution < 1.29 is 4.79 Å². The van der Waals surface area contributed by atoms with Crippen LogP contribution in [-0.4, -0.2) is 20.3 Å². The van der Waals surface area contributed by atoms with Gasteiger partial charge in [-0.15, -0.1) is 0 Å². The highest BCUT2D eigenvalue weighted by molar-refractivity contribution is 5.91. The molecule has 0 radical (unpaired) electrons. The van der Waals surface area contributed by atoms with Gasteiger partial charge in [0.1, 0.15) is 0 Å². The molecule has 2 N–H and O–H groups in total. The lowest BCUT2D eigenvalue weighted by Crippen LogP contribution is -2.12. The van der Waals surface area contributed by atoms with Crippen LogP contribution in [0.1, 0.15) is 21.7 Å². The van der Waals surface area contributed by atoms with Gasteiger partial charge in [-0.25, -0.2) is 4.68 Å². The molecule has 0 aliphatic rings. The second kappa shape index (κ2) is 7.61. The molecule has 5 aromatic rings. The number of aryl methyl sites for hydroxylation is 1. The summed E-state index contributed by atoms with van der Waals surface area (Å²) in [5, 5.41) is 5.46. The molecule has 5 rings (SSSR count). The average molecular weight is 406 g/mol. The number of nitrogens with two attached hydrogens (primary N) is 1. The van der Waals surface area contributed by atoms with Gasteiger partial charge in [0.15, 0.2) is 5.69 Å². The van der Waals surface area contributed by atoms with Gasteiger partial charge in [-0.05, 0) is 53.9 Å². The summed E-state index contributed by atoms with van der Waals surface area (Å²) < 4.78 is 4.01. The fourth-order valence-electron chi connectivity index (χ4n) is 4.05. The van der Waals surface area contributed by atoms with E-state index in [0.29, 0.717) is 0 Å². The Morgan fingerprint density at radius 3 is 2.48 bits per heavy atom. The fraction of sp³-hybridized carbons (Fsp3) is 0.0769. The van der Waals surface area contributed by atoms with E-state index in [0.717, 1.165) is 28.8 Å². The number of primary amides is 1. The van der Waals surface area contributed by atoms with Gasteiger partial charge >= 0.3 is 0 Å². The molecule has 0 saturated carbocycles. The number of carbonyl (C=O) groups excluding carboxylic acids is 1. The van der Waals surface area contributed by atoms with Crippen molar-refractivity contribution in [3.8, 4) is 16.8 Å². The molecule has 2 aromatic heterocycles. The highest BCUT2D eigenvalue weighted by atomic mass is 16.1. The van der Waals surface area contributed by atoms with Gasteiger partial charge in [0, 0.05) is 29.3 Å². The first-order valence-electron chi connectivity index (χ1n) is 10.2. The maximum absolute atomic E-state index is 11.5. The number of hydrogen-bond acceptors (Lipinski definition) is 2. The monoisotopic (exact) mass is 406 g/mol. The molecule has 3 aromatic carbocycles. The molecule has 5 nitrogen and oxygen atoms in total. The van der Waals surface area contributed by atoms with Crippen LogP contribution in [0.4, 0.5) is 0 Å². The van der Waals surface area contributed by atoms with Gasteiger partial charge in [0.2, 0.25) is 0 Å². The SMILES string of the molecule is Cc1cc(C(N)=O)nn1-c1ccc2c(ccn2Cc2ccccc2-c2ccccc2)c1. The van der Waals surface area contributed by atoms with Gasteiger partial charge < -0.3 is 10.3 Å². The number of carbonyl (C=O) groups is 1. The molecule has 0 fully saturated rings. The third kappa shape index (κ3) is 3.51. The van der Waals surface area contributed by atoms with E-state index in [4.69, 9.17) is 5.73 Å². The van der Waals surface area contributed by atoms with Crippen LogP contribution < -0.4 is 5.73 Å². The van der Waals surface area contributed by atoms with E-state index in [2.05, 4.69) is 82.6 Å². The third-order valence-electron chi connectivity index (χ3n) is 5.58. The molecule has 0 saturated heterocycles. The minimum absolute atomic E-state index is 0.271. The Kier molecular flexibility index (Phi) is 4.64. The topological polar surface area (TPSA) is 65.8 Å². The Balaban J connectivity index is 1.51. The van der Waals surface area contributed by atoms with E-state index >= 15 is 0 Å². The lowest BCUT2D eigenvalue weighted by Gasteiger charge is -2.12. The largest absolute Gasteiger partial charge is 0.364 e. The van der Waals surface area contributed by atoms with E-state index in [1.165, 1.54) is 16.7 Å². The zero-order valence-corrected chi connectivity index (χ0v) is 17.2. The van der Waals surface area contributed by atoms with Crippen molar-refractivity contribution in [2.45, 2.75) is 13.5 Å². The Labute approximate surface area is 180 Å². The molecule has 0 bridgehead atoms. The van der Waals surface area contributed by atoms with Crippen LogP contribution in [0.25, 0.3) is 27.7 Å². The van der Waals surface area contributed by atoms with Gasteiger partial charge in [0.05, 0.1) is 5.69 Å². The lowest BCUT2D eigenvalue weighted by atomic mass is 10.00. The molecular weight excluding hydrogens is 384 g/mol. The number of nitrogens with zero attached hydrogens (tertiary/aromatic N) is 3. The Hall–Kier alpha value is -4.12. The quantitative estimate of drug-likeness (QED) is 0.449. The molecule has 0 aliphatic carbocycles. The van der Waals surface area contributed by atoms with Gasteiger partial charge in [-0.1, -0.05) is 54.6 Å². The highest BCUT2D eigenvalue weighted by Gasteiger charge is 2.12. The minimum atomic E-state index is -0.522. The summed E-state index contributed by atoms with van der Waals surface area (Å²) in [6.07, 6.45) is 2.11. The van der Waals surface area contributed by atoms with Crippen LogP contribution >= 0.6 is 0 Å². The third-order valence-corrected chi connectivity index (χ3v) is 5.58. The molecule has 0 unspecified atom stereocenters. The van der Waals surface area contributed by atoms with Crippen molar-refractivity contribution in [3.05, 3.63) is 108 Å². The summed E-state index contributed by atoms with van der Waals surface area (Å²) in [5.41, 5.74) is 12.3. The first-order chi connectivity index (χ1) is 15.1. The van der Waals surface area contributed by atoms with Crippen molar-refractivity contribution in [2.75, 3.05) is 0 Å². The second-order valence-electron chi connectivity index (χ2n) is 7.66. The van der Waals surface area contributed by atoms with Crippen LogP contribution in [0.5, 0.6) is 0 Å². The summed E-state index contributed by atoms with van der Waals surface area (Å²) in [6.45, 7) is 2.69. The van der Waals surface area contributed by atoms with E-state index in [1.807, 2.05) is 19.1 Å². The zero-order valence-electron chi connectivity index (χ0n) is 17.2. The van der Waals surface area contributed by atoms with Crippen LogP contribution in [0.15, 0.2) is 91.1 Å². The molecule has 152 valence electrons. The van der Waals surface area contributed by atoms with Crippen LogP contribution in [0.2, 0.25) is 0 Å². The maximum Gasteiger partial charge on any atom is 0.269 e. The first-order valence-corrected chi connectivity index (χ1v) is 10.2. The Morgan fingerprint density at radius 1 is 0.935 bits per heavy atom. The first kappa shape index (κ1) is 18.9. The van der Waals surface area contributed by atoms with E-state index in [1.54, 1.807) is 10.7 Å². The van der Waals surface area contributed by atoms with E-state index < -0.39 is 5.91 Å². The van der Waals surface area contributed by atoms with Crippen LogP contribution in [0, 0.1) is 6.92 Å². The van der Waals surface area contributed by atoms with E-state index in [-0.39, 0.29) is 5.69 Å². The Bertz CT molecular complexity index is 1400. The summed E-state index contributed by atoms with van der Waals surface area (Å²) in [4.78, 5) is 11.5. The number of aromatic nitrogens is 3. The molecule has 0 aliphatic heterocycles. The predicted octanol–water partition coefficient (Wildman–Crippen LogP) is 4.95. The molecule has 1 amide bonds.